The molecule has 7 nitrogen and oxygen atoms in total. The first-order valence-corrected chi connectivity index (χ1v) is 6.47. The number of amides is 3. The lowest BCUT2D eigenvalue weighted by Gasteiger charge is -2.07. The summed E-state index contributed by atoms with van der Waals surface area (Å²) in [5, 5.41) is 4.73. The molecule has 1 heterocycles. The lowest BCUT2D eigenvalue weighted by atomic mass is 10.2. The normalized spacial score (nSPS) is 10.3. The highest BCUT2D eigenvalue weighted by atomic mass is 79.9. The van der Waals surface area contributed by atoms with Crippen molar-refractivity contribution in [1.82, 2.24) is 20.2 Å². The van der Waals surface area contributed by atoms with Crippen LogP contribution < -0.4 is 16.2 Å². The van der Waals surface area contributed by atoms with Crippen molar-refractivity contribution < 1.29 is 9.59 Å². The molecule has 0 saturated heterocycles. The quantitative estimate of drug-likeness (QED) is 0.839. The van der Waals surface area contributed by atoms with Gasteiger partial charge in [-0.3, -0.25) is 19.5 Å². The van der Waals surface area contributed by atoms with Crippen LogP contribution in [0.25, 0.3) is 10.9 Å². The van der Waals surface area contributed by atoms with Gasteiger partial charge in [0.2, 0.25) is 5.91 Å². The highest BCUT2D eigenvalue weighted by molar-refractivity contribution is 9.10. The molecule has 0 aliphatic heterocycles. The minimum absolute atomic E-state index is 0.276. The number of urea groups is 1. The smallest absolute Gasteiger partial charge is 0.321 e. The van der Waals surface area contributed by atoms with Crippen LogP contribution in [0.3, 0.4) is 0 Å². The second-order valence-corrected chi connectivity index (χ2v) is 4.80. The number of nitrogens with one attached hydrogen (secondary N) is 2. The summed E-state index contributed by atoms with van der Waals surface area (Å²) >= 11 is 3.31. The van der Waals surface area contributed by atoms with E-state index in [1.807, 2.05) is 0 Å². The third-order valence-corrected chi connectivity index (χ3v) is 3.24. The molecule has 0 atom stereocenters. The van der Waals surface area contributed by atoms with Gasteiger partial charge in [0, 0.05) is 11.5 Å². The first-order valence-electron chi connectivity index (χ1n) is 5.68. The number of benzene rings is 1. The molecule has 1 aromatic carbocycles. The van der Waals surface area contributed by atoms with Crippen molar-refractivity contribution in [1.29, 1.82) is 0 Å². The van der Waals surface area contributed by atoms with Gasteiger partial charge in [0.05, 0.1) is 17.2 Å². The van der Waals surface area contributed by atoms with Gasteiger partial charge in [-0.1, -0.05) is 6.07 Å². The summed E-state index contributed by atoms with van der Waals surface area (Å²) < 4.78 is 1.85. The van der Waals surface area contributed by atoms with Crippen LogP contribution in [-0.2, 0) is 11.3 Å². The van der Waals surface area contributed by atoms with Crippen molar-refractivity contribution in [3.8, 4) is 0 Å². The Kier molecular flexibility index (Phi) is 4.14. The Morgan fingerprint density at radius 1 is 1.40 bits per heavy atom. The first kappa shape index (κ1) is 14.2. The number of carbonyl (C=O) groups is 2. The summed E-state index contributed by atoms with van der Waals surface area (Å²) in [7, 11) is 1.39. The van der Waals surface area contributed by atoms with Crippen LogP contribution in [0.4, 0.5) is 4.79 Å². The van der Waals surface area contributed by atoms with Gasteiger partial charge in [0.1, 0.15) is 6.54 Å². The molecule has 0 unspecified atom stereocenters. The van der Waals surface area contributed by atoms with Crippen LogP contribution >= 0.6 is 15.9 Å². The molecular weight excluding hydrogens is 328 g/mol. The molecule has 2 aromatic rings. The molecule has 0 bridgehead atoms. The van der Waals surface area contributed by atoms with Gasteiger partial charge in [-0.15, -0.1) is 0 Å². The van der Waals surface area contributed by atoms with Crippen molar-refractivity contribution in [3.05, 3.63) is 39.4 Å². The van der Waals surface area contributed by atoms with E-state index in [-0.39, 0.29) is 12.1 Å². The van der Waals surface area contributed by atoms with E-state index < -0.39 is 11.9 Å². The molecule has 1 aromatic heterocycles. The maximum Gasteiger partial charge on any atom is 0.321 e. The Labute approximate surface area is 122 Å². The third-order valence-electron chi connectivity index (χ3n) is 2.60. The largest absolute Gasteiger partial charge is 0.341 e. The molecule has 0 aliphatic carbocycles. The zero-order chi connectivity index (χ0) is 14.7. The van der Waals surface area contributed by atoms with Gasteiger partial charge in [-0.05, 0) is 28.1 Å². The molecule has 0 saturated carbocycles. The zero-order valence-electron chi connectivity index (χ0n) is 10.5. The number of para-hydroxylation sites is 1. The molecular formula is C12H11BrN4O3. The van der Waals surface area contributed by atoms with Gasteiger partial charge in [-0.2, -0.15) is 0 Å². The predicted octanol–water partition coefficient (Wildman–Crippen LogP) is 0.615. The number of nitrogens with zero attached hydrogens (tertiary/aromatic N) is 2. The summed E-state index contributed by atoms with van der Waals surface area (Å²) in [5.41, 5.74) is 0.184. The van der Waals surface area contributed by atoms with Crippen molar-refractivity contribution in [2.75, 3.05) is 7.05 Å². The number of rotatable bonds is 2. The number of hydrogen-bond acceptors (Lipinski definition) is 4. The first-order chi connectivity index (χ1) is 9.52. The average molecular weight is 339 g/mol. The summed E-state index contributed by atoms with van der Waals surface area (Å²) in [6, 6.07) is 4.49. The Balaban J connectivity index is 2.33. The van der Waals surface area contributed by atoms with Gasteiger partial charge in [0.15, 0.2) is 0 Å². The van der Waals surface area contributed by atoms with E-state index in [0.29, 0.717) is 15.4 Å². The van der Waals surface area contributed by atoms with Crippen LogP contribution in [-0.4, -0.2) is 28.5 Å². The Morgan fingerprint density at radius 3 is 2.85 bits per heavy atom. The van der Waals surface area contributed by atoms with E-state index in [9.17, 15) is 14.4 Å². The molecule has 3 amide bonds. The van der Waals surface area contributed by atoms with Crippen LogP contribution in [0.15, 0.2) is 33.8 Å². The highest BCUT2D eigenvalue weighted by Gasteiger charge is 2.11. The molecule has 0 aliphatic rings. The van der Waals surface area contributed by atoms with E-state index in [1.54, 1.807) is 18.2 Å². The fraction of sp³-hybridized carbons (Fsp3) is 0.167. The maximum atomic E-state index is 12.2. The summed E-state index contributed by atoms with van der Waals surface area (Å²) in [6.45, 7) is -0.276. The number of carbonyl (C=O) groups excluding carboxylic acids is 2. The zero-order valence-corrected chi connectivity index (χ0v) is 12.1. The van der Waals surface area contributed by atoms with Gasteiger partial charge < -0.3 is 5.32 Å². The van der Waals surface area contributed by atoms with E-state index in [4.69, 9.17) is 0 Å². The van der Waals surface area contributed by atoms with Crippen LogP contribution in [0.2, 0.25) is 0 Å². The molecule has 2 rings (SSSR count). The lowest BCUT2D eigenvalue weighted by molar-refractivity contribution is -0.120. The fourth-order valence-corrected chi connectivity index (χ4v) is 2.12. The summed E-state index contributed by atoms with van der Waals surface area (Å²) in [5.74, 6) is -0.595. The molecule has 8 heteroatoms. The third kappa shape index (κ3) is 2.85. The minimum atomic E-state index is -0.625. The van der Waals surface area contributed by atoms with Crippen LogP contribution in [0.1, 0.15) is 0 Å². The van der Waals surface area contributed by atoms with E-state index in [0.717, 1.165) is 4.57 Å². The average Bonchev–Trinajstić information content (AvgIpc) is 2.42. The van der Waals surface area contributed by atoms with Crippen molar-refractivity contribution in [2.24, 2.45) is 0 Å². The van der Waals surface area contributed by atoms with Gasteiger partial charge in [0.25, 0.3) is 5.56 Å². The fourth-order valence-electron chi connectivity index (χ4n) is 1.65. The van der Waals surface area contributed by atoms with Gasteiger partial charge in [-0.25, -0.2) is 9.78 Å². The standard InChI is InChI=1S/C12H11BrN4O3/c1-14-12(20)16-9(18)5-17-6-15-10-7(11(17)19)3-2-4-8(10)13/h2-4,6H,5H2,1H3,(H2,14,16,18,20). The maximum absolute atomic E-state index is 12.2. The summed E-state index contributed by atoms with van der Waals surface area (Å²) in [6.07, 6.45) is 1.28. The monoisotopic (exact) mass is 338 g/mol. The van der Waals surface area contributed by atoms with E-state index >= 15 is 0 Å². The minimum Gasteiger partial charge on any atom is -0.341 e. The van der Waals surface area contributed by atoms with E-state index in [1.165, 1.54) is 13.4 Å². The van der Waals surface area contributed by atoms with Crippen LogP contribution in [0.5, 0.6) is 0 Å². The van der Waals surface area contributed by atoms with Gasteiger partial charge >= 0.3 is 6.03 Å². The molecule has 0 fully saturated rings. The second kappa shape index (κ2) is 5.83. The van der Waals surface area contributed by atoms with Crippen molar-refractivity contribution in [3.63, 3.8) is 0 Å². The number of aromatic nitrogens is 2. The highest BCUT2D eigenvalue weighted by Crippen LogP contribution is 2.18. The lowest BCUT2D eigenvalue weighted by Crippen LogP contribution is -2.40. The number of halogens is 1. The molecule has 0 radical (unpaired) electrons. The Bertz CT molecular complexity index is 741. The van der Waals surface area contributed by atoms with E-state index in [2.05, 4.69) is 31.5 Å². The van der Waals surface area contributed by atoms with Crippen molar-refractivity contribution >= 4 is 38.8 Å². The number of fused-ring (bicyclic) bond motifs is 1. The topological polar surface area (TPSA) is 93.1 Å². The number of imide groups is 1. The predicted molar refractivity (Wildman–Crippen MR) is 76.3 cm³/mol. The Morgan fingerprint density at radius 2 is 2.15 bits per heavy atom. The molecule has 20 heavy (non-hydrogen) atoms. The molecule has 104 valence electrons. The molecule has 0 spiro atoms. The summed E-state index contributed by atoms with van der Waals surface area (Å²) in [4.78, 5) is 38.9. The van der Waals surface area contributed by atoms with Crippen LogP contribution in [0, 0.1) is 0 Å². The number of hydrogen-bond donors (Lipinski definition) is 2. The second-order valence-electron chi connectivity index (χ2n) is 3.94. The Hall–Kier alpha value is -2.22. The molecule has 2 N–H and O–H groups in total. The SMILES string of the molecule is CNC(=O)NC(=O)Cn1cnc2c(Br)cccc2c1=O. The van der Waals surface area contributed by atoms with Crippen molar-refractivity contribution in [2.45, 2.75) is 6.54 Å².